The third kappa shape index (κ3) is 2.92. The van der Waals surface area contributed by atoms with Crippen molar-refractivity contribution in [2.24, 2.45) is 5.41 Å². The Balaban J connectivity index is 2.99. The van der Waals surface area contributed by atoms with Gasteiger partial charge in [-0.25, -0.2) is 4.98 Å². The van der Waals surface area contributed by atoms with E-state index in [1.54, 1.807) is 11.3 Å². The molecule has 2 N–H and O–H groups in total. The Hall–Kier alpha value is -0.610. The molecule has 0 spiro atoms. The summed E-state index contributed by atoms with van der Waals surface area (Å²) in [5.74, 6) is 0.629. The summed E-state index contributed by atoms with van der Waals surface area (Å²) in [6, 6.07) is 0. The Morgan fingerprint density at radius 1 is 1.47 bits per heavy atom. The molecule has 0 fully saturated rings. The molecule has 0 bridgehead atoms. The largest absolute Gasteiger partial charge is 0.383 e. The minimum absolute atomic E-state index is 0.0310. The normalized spacial score (nSPS) is 14.2. The van der Waals surface area contributed by atoms with E-state index in [9.17, 15) is 0 Å². The summed E-state index contributed by atoms with van der Waals surface area (Å²) in [5.41, 5.74) is 5.81. The van der Waals surface area contributed by atoms with Crippen LogP contribution in [-0.2, 0) is 4.74 Å². The third-order valence-corrected chi connectivity index (χ3v) is 3.22. The van der Waals surface area contributed by atoms with Crippen molar-refractivity contribution in [2.75, 3.05) is 12.3 Å². The number of aromatic nitrogens is 1. The van der Waals surface area contributed by atoms with Gasteiger partial charge in [-0.3, -0.25) is 0 Å². The van der Waals surface area contributed by atoms with E-state index in [2.05, 4.69) is 25.8 Å². The summed E-state index contributed by atoms with van der Waals surface area (Å²) < 4.78 is 5.75. The average molecular weight is 228 g/mol. The van der Waals surface area contributed by atoms with Gasteiger partial charge in [0.2, 0.25) is 0 Å². The van der Waals surface area contributed by atoms with Gasteiger partial charge in [0.05, 0.1) is 0 Å². The molecule has 0 aliphatic carbocycles. The van der Waals surface area contributed by atoms with E-state index in [0.717, 1.165) is 9.88 Å². The van der Waals surface area contributed by atoms with E-state index in [4.69, 9.17) is 10.5 Å². The molecule has 86 valence electrons. The molecule has 1 heterocycles. The Kier molecular flexibility index (Phi) is 3.73. The molecule has 4 heteroatoms. The van der Waals surface area contributed by atoms with Gasteiger partial charge in [0.25, 0.3) is 0 Å². The van der Waals surface area contributed by atoms with Crippen molar-refractivity contribution < 1.29 is 4.74 Å². The van der Waals surface area contributed by atoms with Crippen LogP contribution in [0.2, 0.25) is 0 Å². The molecular formula is C11H20N2OS. The summed E-state index contributed by atoms with van der Waals surface area (Å²) in [5, 5.41) is 0.986. The quantitative estimate of drug-likeness (QED) is 0.864. The van der Waals surface area contributed by atoms with Crippen LogP contribution in [0.5, 0.6) is 0 Å². The Morgan fingerprint density at radius 3 is 2.40 bits per heavy atom. The highest BCUT2D eigenvalue weighted by Crippen LogP contribution is 2.39. The van der Waals surface area contributed by atoms with Gasteiger partial charge in [0.15, 0.2) is 0 Å². The van der Waals surface area contributed by atoms with Gasteiger partial charge in [-0.15, -0.1) is 11.3 Å². The van der Waals surface area contributed by atoms with E-state index in [0.29, 0.717) is 12.4 Å². The number of hydrogen-bond donors (Lipinski definition) is 1. The van der Waals surface area contributed by atoms with E-state index in [-0.39, 0.29) is 11.5 Å². The van der Waals surface area contributed by atoms with Crippen molar-refractivity contribution in [3.8, 4) is 0 Å². The van der Waals surface area contributed by atoms with Crippen molar-refractivity contribution in [3.63, 3.8) is 0 Å². The van der Waals surface area contributed by atoms with Crippen LogP contribution in [0, 0.1) is 12.3 Å². The second kappa shape index (κ2) is 4.49. The molecule has 0 saturated heterocycles. The third-order valence-electron chi connectivity index (χ3n) is 2.19. The number of nitrogen functional groups attached to an aromatic ring is 1. The van der Waals surface area contributed by atoms with Crippen LogP contribution in [-0.4, -0.2) is 11.6 Å². The van der Waals surface area contributed by atoms with Crippen molar-refractivity contribution in [2.45, 2.75) is 40.7 Å². The summed E-state index contributed by atoms with van der Waals surface area (Å²) in [7, 11) is 0. The van der Waals surface area contributed by atoms with Crippen LogP contribution in [0.3, 0.4) is 0 Å². The molecule has 1 aromatic heterocycles. The summed E-state index contributed by atoms with van der Waals surface area (Å²) in [4.78, 5) is 5.44. The molecule has 1 rings (SSSR count). The van der Waals surface area contributed by atoms with E-state index in [1.165, 1.54) is 0 Å². The Labute approximate surface area is 95.7 Å². The number of ether oxygens (including phenoxy) is 1. The molecule has 0 aromatic carbocycles. The van der Waals surface area contributed by atoms with Gasteiger partial charge >= 0.3 is 0 Å². The van der Waals surface area contributed by atoms with Gasteiger partial charge < -0.3 is 10.5 Å². The fourth-order valence-corrected chi connectivity index (χ4v) is 2.54. The summed E-state index contributed by atoms with van der Waals surface area (Å²) in [6.07, 6.45) is 0.0310. The fraction of sp³-hybridized carbons (Fsp3) is 0.727. The van der Waals surface area contributed by atoms with Crippen molar-refractivity contribution in [1.82, 2.24) is 4.98 Å². The topological polar surface area (TPSA) is 48.1 Å². The molecule has 3 nitrogen and oxygen atoms in total. The average Bonchev–Trinajstić information content (AvgIpc) is 2.40. The molecule has 1 unspecified atom stereocenters. The zero-order chi connectivity index (χ0) is 11.6. The molecular weight excluding hydrogens is 208 g/mol. The number of hydrogen-bond acceptors (Lipinski definition) is 4. The molecule has 15 heavy (non-hydrogen) atoms. The highest BCUT2D eigenvalue weighted by Gasteiger charge is 2.29. The first-order valence-electron chi connectivity index (χ1n) is 5.20. The minimum atomic E-state index is 0.0310. The highest BCUT2D eigenvalue weighted by molar-refractivity contribution is 7.12. The standard InChI is InChI=1S/C11H20N2OS/c1-6-14-8(11(3,4)5)10-13-9(12)7(2)15-10/h8H,6,12H2,1-5H3. The van der Waals surface area contributed by atoms with E-state index in [1.807, 2.05) is 13.8 Å². The van der Waals surface area contributed by atoms with Crippen molar-refractivity contribution in [1.29, 1.82) is 0 Å². The number of nitrogens with two attached hydrogens (primary N) is 1. The van der Waals surface area contributed by atoms with Crippen LogP contribution < -0.4 is 5.73 Å². The van der Waals surface area contributed by atoms with Gasteiger partial charge in [-0.1, -0.05) is 20.8 Å². The number of aryl methyl sites for hydroxylation is 1. The minimum Gasteiger partial charge on any atom is -0.383 e. The molecule has 0 saturated carbocycles. The van der Waals surface area contributed by atoms with Gasteiger partial charge in [-0.2, -0.15) is 0 Å². The van der Waals surface area contributed by atoms with Gasteiger partial charge in [0.1, 0.15) is 16.9 Å². The second-order valence-electron chi connectivity index (χ2n) is 4.69. The molecule has 1 aromatic rings. The molecule has 0 amide bonds. The molecule has 0 radical (unpaired) electrons. The lowest BCUT2D eigenvalue weighted by atomic mass is 9.89. The second-order valence-corrected chi connectivity index (χ2v) is 5.93. The van der Waals surface area contributed by atoms with E-state index >= 15 is 0 Å². The monoisotopic (exact) mass is 228 g/mol. The van der Waals surface area contributed by atoms with Gasteiger partial charge in [0, 0.05) is 11.5 Å². The fourth-order valence-electron chi connectivity index (χ4n) is 1.40. The lowest BCUT2D eigenvalue weighted by Crippen LogP contribution is -2.21. The number of rotatable bonds is 3. The van der Waals surface area contributed by atoms with Crippen LogP contribution >= 0.6 is 11.3 Å². The maximum atomic E-state index is 5.76. The summed E-state index contributed by atoms with van der Waals surface area (Å²) >= 11 is 1.63. The predicted octanol–water partition coefficient (Wildman–Crippen LogP) is 3.16. The first kappa shape index (κ1) is 12.5. The molecule has 0 aliphatic rings. The lowest BCUT2D eigenvalue weighted by Gasteiger charge is -2.28. The Bertz CT molecular complexity index is 308. The first-order valence-corrected chi connectivity index (χ1v) is 6.02. The number of thiazole rings is 1. The predicted molar refractivity (Wildman–Crippen MR) is 65.1 cm³/mol. The Morgan fingerprint density at radius 2 is 2.07 bits per heavy atom. The number of nitrogens with zero attached hydrogens (tertiary/aromatic N) is 1. The zero-order valence-electron chi connectivity index (χ0n) is 10.1. The zero-order valence-corrected chi connectivity index (χ0v) is 10.9. The van der Waals surface area contributed by atoms with Gasteiger partial charge in [-0.05, 0) is 19.3 Å². The SMILES string of the molecule is CCOC(c1nc(N)c(C)s1)C(C)(C)C. The van der Waals surface area contributed by atoms with Crippen LogP contribution in [0.4, 0.5) is 5.82 Å². The smallest absolute Gasteiger partial charge is 0.137 e. The van der Waals surface area contributed by atoms with Crippen LogP contribution in [0.1, 0.15) is 43.7 Å². The maximum Gasteiger partial charge on any atom is 0.137 e. The first-order chi connectivity index (χ1) is 6.86. The molecule has 1 atom stereocenters. The van der Waals surface area contributed by atoms with E-state index < -0.39 is 0 Å². The van der Waals surface area contributed by atoms with Crippen LogP contribution in [0.15, 0.2) is 0 Å². The maximum absolute atomic E-state index is 5.76. The van der Waals surface area contributed by atoms with Crippen LogP contribution in [0.25, 0.3) is 0 Å². The highest BCUT2D eigenvalue weighted by atomic mass is 32.1. The molecule has 0 aliphatic heterocycles. The lowest BCUT2D eigenvalue weighted by molar-refractivity contribution is -0.0133. The summed E-state index contributed by atoms with van der Waals surface area (Å²) in [6.45, 7) is 11.1. The number of anilines is 1. The van der Waals surface area contributed by atoms with Crippen molar-refractivity contribution in [3.05, 3.63) is 9.88 Å². The van der Waals surface area contributed by atoms with Crippen molar-refractivity contribution >= 4 is 17.2 Å².